The van der Waals surface area contributed by atoms with Crippen LogP contribution in [0.4, 0.5) is 0 Å². The number of hydrogen-bond acceptors (Lipinski definition) is 4. The zero-order valence-electron chi connectivity index (χ0n) is 15.6. The largest absolute Gasteiger partial charge is 0.352 e. The summed E-state index contributed by atoms with van der Waals surface area (Å²) in [7, 11) is 0. The standard InChI is InChI=1S/C22H19ClN4OS/c23-20-8-4-3-7-19(20)22-26-18(14-29-22)11-21(28)25-12-16-5-1-2-6-17(16)13-27-10-9-24-15-27/h1-10,14-15H,11-13H2,(H,25,28). The summed E-state index contributed by atoms with van der Waals surface area (Å²) in [5.74, 6) is -0.0570. The van der Waals surface area contributed by atoms with Gasteiger partial charge < -0.3 is 9.88 Å². The van der Waals surface area contributed by atoms with Crippen molar-refractivity contribution in [1.82, 2.24) is 19.9 Å². The Balaban J connectivity index is 1.37. The molecule has 7 heteroatoms. The van der Waals surface area contributed by atoms with Gasteiger partial charge in [0.15, 0.2) is 0 Å². The van der Waals surface area contributed by atoms with Crippen LogP contribution in [-0.4, -0.2) is 20.4 Å². The van der Waals surface area contributed by atoms with E-state index in [-0.39, 0.29) is 12.3 Å². The van der Waals surface area contributed by atoms with Crippen molar-refractivity contribution < 1.29 is 4.79 Å². The van der Waals surface area contributed by atoms with Crippen LogP contribution in [0.2, 0.25) is 5.02 Å². The average Bonchev–Trinajstić information content (AvgIpc) is 3.40. The third-order valence-corrected chi connectivity index (χ3v) is 5.76. The molecule has 0 aliphatic rings. The van der Waals surface area contributed by atoms with Crippen LogP contribution < -0.4 is 5.32 Å². The molecule has 2 heterocycles. The Morgan fingerprint density at radius 3 is 2.69 bits per heavy atom. The van der Waals surface area contributed by atoms with Gasteiger partial charge in [-0.25, -0.2) is 9.97 Å². The van der Waals surface area contributed by atoms with Crippen LogP contribution in [0.25, 0.3) is 10.6 Å². The maximum Gasteiger partial charge on any atom is 0.226 e. The van der Waals surface area contributed by atoms with Crippen molar-refractivity contribution >= 4 is 28.8 Å². The van der Waals surface area contributed by atoms with Gasteiger partial charge in [-0.05, 0) is 17.2 Å². The number of hydrogen-bond donors (Lipinski definition) is 1. The fraction of sp³-hybridized carbons (Fsp3) is 0.136. The first-order chi connectivity index (χ1) is 14.2. The van der Waals surface area contributed by atoms with Crippen LogP contribution in [-0.2, 0) is 24.3 Å². The summed E-state index contributed by atoms with van der Waals surface area (Å²) in [5.41, 5.74) is 3.87. The van der Waals surface area contributed by atoms with E-state index in [1.54, 1.807) is 12.5 Å². The lowest BCUT2D eigenvalue weighted by Crippen LogP contribution is -2.25. The van der Waals surface area contributed by atoms with Crippen LogP contribution in [0.5, 0.6) is 0 Å². The highest BCUT2D eigenvalue weighted by Gasteiger charge is 2.11. The summed E-state index contributed by atoms with van der Waals surface area (Å²) in [4.78, 5) is 21.1. The molecule has 0 fully saturated rings. The Bertz CT molecular complexity index is 1110. The molecule has 146 valence electrons. The molecule has 2 aromatic heterocycles. The Labute approximate surface area is 178 Å². The van der Waals surface area contributed by atoms with Crippen molar-refractivity contribution in [3.8, 4) is 10.6 Å². The third kappa shape index (κ3) is 4.91. The van der Waals surface area contributed by atoms with Gasteiger partial charge in [-0.1, -0.05) is 54.1 Å². The van der Waals surface area contributed by atoms with E-state index >= 15 is 0 Å². The van der Waals surface area contributed by atoms with Crippen molar-refractivity contribution in [2.75, 3.05) is 0 Å². The second-order valence-electron chi connectivity index (χ2n) is 6.58. The van der Waals surface area contributed by atoms with E-state index in [0.717, 1.165) is 33.9 Å². The van der Waals surface area contributed by atoms with E-state index in [9.17, 15) is 4.79 Å². The molecule has 29 heavy (non-hydrogen) atoms. The zero-order chi connectivity index (χ0) is 20.1. The summed E-state index contributed by atoms with van der Waals surface area (Å²) < 4.78 is 2.01. The van der Waals surface area contributed by atoms with Crippen LogP contribution in [0.1, 0.15) is 16.8 Å². The molecule has 0 spiro atoms. The van der Waals surface area contributed by atoms with E-state index in [2.05, 4.69) is 21.4 Å². The number of imidazole rings is 1. The number of carbonyl (C=O) groups is 1. The molecule has 0 saturated heterocycles. The summed E-state index contributed by atoms with van der Waals surface area (Å²) in [6.45, 7) is 1.20. The molecule has 4 rings (SSSR count). The molecule has 0 saturated carbocycles. The first-order valence-electron chi connectivity index (χ1n) is 9.17. The smallest absolute Gasteiger partial charge is 0.226 e. The molecule has 0 aliphatic heterocycles. The molecule has 0 unspecified atom stereocenters. The van der Waals surface area contributed by atoms with Crippen LogP contribution in [0.15, 0.2) is 72.6 Å². The molecular formula is C22H19ClN4OS. The van der Waals surface area contributed by atoms with E-state index in [0.29, 0.717) is 11.6 Å². The van der Waals surface area contributed by atoms with Gasteiger partial charge in [0.25, 0.3) is 0 Å². The summed E-state index contributed by atoms with van der Waals surface area (Å²) in [5, 5.41) is 6.39. The Morgan fingerprint density at radius 1 is 1.10 bits per heavy atom. The minimum absolute atomic E-state index is 0.0570. The van der Waals surface area contributed by atoms with Crippen LogP contribution >= 0.6 is 22.9 Å². The molecule has 0 bridgehead atoms. The quantitative estimate of drug-likeness (QED) is 0.474. The number of thiazole rings is 1. The predicted molar refractivity (Wildman–Crippen MR) is 116 cm³/mol. The van der Waals surface area contributed by atoms with E-state index in [1.165, 1.54) is 11.3 Å². The normalized spacial score (nSPS) is 10.8. The van der Waals surface area contributed by atoms with Gasteiger partial charge in [0.05, 0.1) is 23.5 Å². The lowest BCUT2D eigenvalue weighted by Gasteiger charge is -2.11. The van der Waals surface area contributed by atoms with Gasteiger partial charge in [-0.3, -0.25) is 4.79 Å². The number of nitrogens with zero attached hydrogens (tertiary/aromatic N) is 3. The average molecular weight is 423 g/mol. The first-order valence-corrected chi connectivity index (χ1v) is 10.4. The van der Waals surface area contributed by atoms with Crippen molar-refractivity contribution in [2.24, 2.45) is 0 Å². The molecule has 1 amide bonds. The Morgan fingerprint density at radius 2 is 1.90 bits per heavy atom. The summed E-state index contributed by atoms with van der Waals surface area (Å²) in [6.07, 6.45) is 5.71. The van der Waals surface area contributed by atoms with Crippen molar-refractivity contribution in [2.45, 2.75) is 19.5 Å². The molecule has 4 aromatic rings. The van der Waals surface area contributed by atoms with E-state index in [4.69, 9.17) is 11.6 Å². The van der Waals surface area contributed by atoms with Gasteiger partial charge in [0, 0.05) is 36.4 Å². The molecule has 0 radical (unpaired) electrons. The second-order valence-corrected chi connectivity index (χ2v) is 7.85. The number of rotatable bonds is 7. The maximum absolute atomic E-state index is 12.4. The van der Waals surface area contributed by atoms with E-state index < -0.39 is 0 Å². The van der Waals surface area contributed by atoms with Crippen molar-refractivity contribution in [3.05, 3.63) is 94.5 Å². The number of benzene rings is 2. The highest BCUT2D eigenvalue weighted by Crippen LogP contribution is 2.30. The van der Waals surface area contributed by atoms with Gasteiger partial charge in [0.1, 0.15) is 5.01 Å². The number of halogens is 1. The summed E-state index contributed by atoms with van der Waals surface area (Å²) >= 11 is 7.73. The van der Waals surface area contributed by atoms with Crippen molar-refractivity contribution in [1.29, 1.82) is 0 Å². The highest BCUT2D eigenvalue weighted by atomic mass is 35.5. The van der Waals surface area contributed by atoms with Gasteiger partial charge in [-0.2, -0.15) is 0 Å². The SMILES string of the molecule is O=C(Cc1csc(-c2ccccc2Cl)n1)NCc1ccccc1Cn1ccnc1. The second kappa shape index (κ2) is 9.03. The minimum Gasteiger partial charge on any atom is -0.352 e. The first kappa shape index (κ1) is 19.4. The topological polar surface area (TPSA) is 59.8 Å². The Kier molecular flexibility index (Phi) is 6.03. The molecule has 2 aromatic carbocycles. The van der Waals surface area contributed by atoms with Crippen LogP contribution in [0.3, 0.4) is 0 Å². The lowest BCUT2D eigenvalue weighted by molar-refractivity contribution is -0.120. The van der Waals surface area contributed by atoms with Gasteiger partial charge in [0.2, 0.25) is 5.91 Å². The molecule has 5 nitrogen and oxygen atoms in total. The fourth-order valence-corrected chi connectivity index (χ4v) is 4.17. The van der Waals surface area contributed by atoms with Gasteiger partial charge >= 0.3 is 0 Å². The number of nitrogens with one attached hydrogen (secondary N) is 1. The monoisotopic (exact) mass is 422 g/mol. The molecular weight excluding hydrogens is 404 g/mol. The number of amides is 1. The molecule has 0 atom stereocenters. The van der Waals surface area contributed by atoms with Crippen molar-refractivity contribution in [3.63, 3.8) is 0 Å². The molecule has 0 aliphatic carbocycles. The third-order valence-electron chi connectivity index (χ3n) is 4.50. The zero-order valence-corrected chi connectivity index (χ0v) is 17.2. The Hall–Kier alpha value is -2.96. The molecule has 1 N–H and O–H groups in total. The maximum atomic E-state index is 12.4. The number of carbonyl (C=O) groups excluding carboxylic acids is 1. The number of aromatic nitrogens is 3. The minimum atomic E-state index is -0.0570. The predicted octanol–water partition coefficient (Wildman–Crippen LogP) is 4.57. The van der Waals surface area contributed by atoms with E-state index in [1.807, 2.05) is 58.6 Å². The van der Waals surface area contributed by atoms with Crippen LogP contribution in [0, 0.1) is 0 Å². The fourth-order valence-electron chi connectivity index (χ4n) is 3.03. The highest BCUT2D eigenvalue weighted by molar-refractivity contribution is 7.13. The van der Waals surface area contributed by atoms with Gasteiger partial charge in [-0.15, -0.1) is 11.3 Å². The lowest BCUT2D eigenvalue weighted by atomic mass is 10.1. The summed E-state index contributed by atoms with van der Waals surface area (Å²) in [6, 6.07) is 15.7.